The number of amides is 1. The smallest absolute Gasteiger partial charge is 0.264 e. The molecule has 0 radical (unpaired) electrons. The van der Waals surface area contributed by atoms with Gasteiger partial charge in [0, 0.05) is 21.6 Å². The fourth-order valence-corrected chi connectivity index (χ4v) is 4.18. The molecule has 8 heteroatoms. The van der Waals surface area contributed by atoms with Gasteiger partial charge in [0.05, 0.1) is 22.9 Å². The number of hydrogen-bond acceptors (Lipinski definition) is 4. The molecule has 3 rings (SSSR count). The number of aromatic amines is 1. The molecule has 3 aromatic rings. The average Bonchev–Trinajstić information content (AvgIpc) is 2.97. The maximum atomic E-state index is 12.4. The fraction of sp³-hybridized carbons (Fsp3) is 0.0588. The fourth-order valence-electron chi connectivity index (χ4n) is 2.48. The molecule has 0 saturated heterocycles. The zero-order valence-corrected chi connectivity index (χ0v) is 15.2. The Balaban J connectivity index is 1.82. The molecule has 1 amide bonds. The van der Waals surface area contributed by atoms with Crippen LogP contribution in [-0.4, -0.2) is 19.3 Å². The van der Waals surface area contributed by atoms with Crippen molar-refractivity contribution in [2.24, 2.45) is 0 Å². The zero-order chi connectivity index (χ0) is 18.0. The van der Waals surface area contributed by atoms with Crippen molar-refractivity contribution in [1.82, 2.24) is 9.71 Å². The van der Waals surface area contributed by atoms with E-state index in [0.29, 0.717) is 10.0 Å². The highest BCUT2D eigenvalue weighted by Crippen LogP contribution is 2.20. The Morgan fingerprint density at radius 1 is 1.24 bits per heavy atom. The van der Waals surface area contributed by atoms with Crippen LogP contribution >= 0.6 is 15.9 Å². The van der Waals surface area contributed by atoms with Gasteiger partial charge in [-0.1, -0.05) is 34.1 Å². The molecule has 0 bridgehead atoms. The topological polar surface area (TPSA) is 103 Å². The third-order valence-corrected chi connectivity index (χ3v) is 5.40. The Morgan fingerprint density at radius 3 is 2.76 bits per heavy atom. The van der Waals surface area contributed by atoms with E-state index in [-0.39, 0.29) is 16.9 Å². The van der Waals surface area contributed by atoms with Crippen LogP contribution in [0.4, 0.5) is 0 Å². The predicted octanol–water partition coefficient (Wildman–Crippen LogP) is 2.85. The lowest BCUT2D eigenvalue weighted by Crippen LogP contribution is -2.31. The van der Waals surface area contributed by atoms with Gasteiger partial charge < -0.3 is 4.98 Å². The quantitative estimate of drug-likeness (QED) is 0.680. The third-order valence-electron chi connectivity index (χ3n) is 3.58. The highest BCUT2D eigenvalue weighted by atomic mass is 79.9. The van der Waals surface area contributed by atoms with Gasteiger partial charge in [0.15, 0.2) is 0 Å². The Morgan fingerprint density at radius 2 is 2.00 bits per heavy atom. The molecule has 0 atom stereocenters. The van der Waals surface area contributed by atoms with Crippen molar-refractivity contribution in [3.8, 4) is 6.07 Å². The van der Waals surface area contributed by atoms with Gasteiger partial charge in [-0.3, -0.25) is 4.79 Å². The van der Waals surface area contributed by atoms with Crippen molar-refractivity contribution in [1.29, 1.82) is 5.26 Å². The van der Waals surface area contributed by atoms with Gasteiger partial charge in [-0.15, -0.1) is 0 Å². The number of H-pyrrole nitrogens is 1. The Kier molecular flexibility index (Phi) is 4.61. The molecule has 1 aromatic heterocycles. The van der Waals surface area contributed by atoms with Crippen LogP contribution in [0.25, 0.3) is 10.9 Å². The minimum atomic E-state index is -4.06. The molecule has 0 fully saturated rings. The highest BCUT2D eigenvalue weighted by molar-refractivity contribution is 9.10. The number of sulfonamides is 1. The van der Waals surface area contributed by atoms with Gasteiger partial charge in [-0.25, -0.2) is 13.1 Å². The minimum absolute atomic E-state index is 0.0810. The van der Waals surface area contributed by atoms with Crippen molar-refractivity contribution in [3.63, 3.8) is 0 Å². The molecule has 0 saturated carbocycles. The Bertz CT molecular complexity index is 1110. The van der Waals surface area contributed by atoms with E-state index >= 15 is 0 Å². The lowest BCUT2D eigenvalue weighted by atomic mass is 10.1. The van der Waals surface area contributed by atoms with E-state index in [1.54, 1.807) is 6.20 Å². The summed E-state index contributed by atoms with van der Waals surface area (Å²) in [5.74, 6) is -0.650. The molecule has 0 spiro atoms. The summed E-state index contributed by atoms with van der Waals surface area (Å²) in [4.78, 5) is 15.1. The number of rotatable bonds is 4. The molecule has 25 heavy (non-hydrogen) atoms. The van der Waals surface area contributed by atoms with Gasteiger partial charge in [-0.2, -0.15) is 5.26 Å². The average molecular weight is 418 g/mol. The number of hydrogen-bond donors (Lipinski definition) is 2. The summed E-state index contributed by atoms with van der Waals surface area (Å²) in [6.45, 7) is 0. The number of fused-ring (bicyclic) bond motifs is 1. The molecule has 2 N–H and O–H groups in total. The van der Waals surface area contributed by atoms with Crippen LogP contribution in [0.15, 0.2) is 58.0 Å². The summed E-state index contributed by atoms with van der Waals surface area (Å²) >= 11 is 3.16. The first kappa shape index (κ1) is 17.2. The van der Waals surface area contributed by atoms with Gasteiger partial charge in [0.2, 0.25) is 5.91 Å². The second kappa shape index (κ2) is 6.70. The molecular weight excluding hydrogens is 406 g/mol. The van der Waals surface area contributed by atoms with Crippen molar-refractivity contribution in [2.75, 3.05) is 0 Å². The molecule has 1 heterocycles. The molecule has 2 aromatic carbocycles. The van der Waals surface area contributed by atoms with E-state index in [9.17, 15) is 13.2 Å². The minimum Gasteiger partial charge on any atom is -0.361 e. The number of nitrogens with one attached hydrogen (secondary N) is 2. The summed E-state index contributed by atoms with van der Waals surface area (Å²) in [5.41, 5.74) is 1.76. The molecule has 0 unspecified atom stereocenters. The maximum Gasteiger partial charge on any atom is 0.264 e. The van der Waals surface area contributed by atoms with E-state index in [2.05, 4.69) is 20.9 Å². The number of carbonyl (C=O) groups excluding carboxylic acids is 1. The largest absolute Gasteiger partial charge is 0.361 e. The normalized spacial score (nSPS) is 11.2. The number of nitriles is 1. The standard InChI is InChI=1S/C17H12BrN3O3S/c18-13-5-11(9-19)6-14(8-13)25(23,24)21-17(22)7-12-10-20-16-4-2-1-3-15(12)16/h1-6,8,10,20H,7H2,(H,21,22). The van der Waals surface area contributed by atoms with E-state index in [0.717, 1.165) is 10.9 Å². The lowest BCUT2D eigenvalue weighted by molar-refractivity contribution is -0.118. The number of carbonyl (C=O) groups is 1. The number of para-hydroxylation sites is 1. The summed E-state index contributed by atoms with van der Waals surface area (Å²) in [6, 6.07) is 13.4. The number of nitrogens with zero attached hydrogens (tertiary/aromatic N) is 1. The summed E-state index contributed by atoms with van der Waals surface area (Å²) in [5, 5.41) is 9.81. The van der Waals surface area contributed by atoms with Crippen LogP contribution in [0.5, 0.6) is 0 Å². The summed E-state index contributed by atoms with van der Waals surface area (Å²) in [7, 11) is -4.06. The third kappa shape index (κ3) is 3.73. The second-order valence-electron chi connectivity index (χ2n) is 5.35. The van der Waals surface area contributed by atoms with Crippen LogP contribution in [-0.2, 0) is 21.2 Å². The molecule has 0 aliphatic carbocycles. The zero-order valence-electron chi connectivity index (χ0n) is 12.8. The Labute approximate surface area is 152 Å². The molecule has 0 aliphatic rings. The van der Waals surface area contributed by atoms with Crippen molar-refractivity contribution >= 4 is 42.8 Å². The number of aromatic nitrogens is 1. The number of halogens is 1. The number of benzene rings is 2. The van der Waals surface area contributed by atoms with E-state index in [1.165, 1.54) is 18.2 Å². The van der Waals surface area contributed by atoms with Crippen LogP contribution < -0.4 is 4.72 Å². The van der Waals surface area contributed by atoms with Crippen LogP contribution in [0, 0.1) is 11.3 Å². The predicted molar refractivity (Wildman–Crippen MR) is 96.2 cm³/mol. The first-order valence-corrected chi connectivity index (χ1v) is 9.48. The first-order valence-electron chi connectivity index (χ1n) is 7.20. The van der Waals surface area contributed by atoms with Crippen molar-refractivity contribution in [3.05, 3.63) is 64.3 Å². The van der Waals surface area contributed by atoms with Gasteiger partial charge >= 0.3 is 0 Å². The van der Waals surface area contributed by atoms with Gasteiger partial charge in [0.1, 0.15) is 0 Å². The Hall–Kier alpha value is -2.63. The highest BCUT2D eigenvalue weighted by Gasteiger charge is 2.20. The summed E-state index contributed by atoms with van der Waals surface area (Å²) < 4.78 is 27.3. The van der Waals surface area contributed by atoms with Crippen LogP contribution in [0.3, 0.4) is 0 Å². The lowest BCUT2D eigenvalue weighted by Gasteiger charge is -2.07. The summed E-state index contributed by atoms with van der Waals surface area (Å²) in [6.07, 6.45) is 1.60. The van der Waals surface area contributed by atoms with E-state index in [1.807, 2.05) is 35.1 Å². The molecular formula is C17H12BrN3O3S. The monoisotopic (exact) mass is 417 g/mol. The molecule has 6 nitrogen and oxygen atoms in total. The second-order valence-corrected chi connectivity index (χ2v) is 7.95. The van der Waals surface area contributed by atoms with Crippen LogP contribution in [0.1, 0.15) is 11.1 Å². The molecule has 126 valence electrons. The van der Waals surface area contributed by atoms with E-state index < -0.39 is 15.9 Å². The van der Waals surface area contributed by atoms with Crippen molar-refractivity contribution < 1.29 is 13.2 Å². The van der Waals surface area contributed by atoms with Crippen LogP contribution in [0.2, 0.25) is 0 Å². The first-order chi connectivity index (χ1) is 11.9. The van der Waals surface area contributed by atoms with Crippen molar-refractivity contribution in [2.45, 2.75) is 11.3 Å². The van der Waals surface area contributed by atoms with Gasteiger partial charge in [0.25, 0.3) is 10.0 Å². The maximum absolute atomic E-state index is 12.4. The molecule has 0 aliphatic heterocycles. The van der Waals surface area contributed by atoms with E-state index in [4.69, 9.17) is 5.26 Å². The SMILES string of the molecule is N#Cc1cc(Br)cc(S(=O)(=O)NC(=O)Cc2c[nH]c3ccccc23)c1. The van der Waals surface area contributed by atoms with Gasteiger partial charge in [-0.05, 0) is 29.8 Å².